The summed E-state index contributed by atoms with van der Waals surface area (Å²) in [6.07, 6.45) is -0.996. The van der Waals surface area contributed by atoms with Crippen LogP contribution in [-0.2, 0) is 14.3 Å². The van der Waals surface area contributed by atoms with Gasteiger partial charge in [0.2, 0.25) is 6.10 Å². The summed E-state index contributed by atoms with van der Waals surface area (Å²) in [7, 11) is 0. The van der Waals surface area contributed by atoms with Gasteiger partial charge in [0.15, 0.2) is 0 Å². The lowest BCUT2D eigenvalue weighted by Gasteiger charge is -2.30. The lowest BCUT2D eigenvalue weighted by molar-refractivity contribution is -0.145. The minimum atomic E-state index is -0.996. The van der Waals surface area contributed by atoms with E-state index < -0.39 is 12.1 Å². The molecule has 1 aliphatic heterocycles. The van der Waals surface area contributed by atoms with Gasteiger partial charge in [-0.15, -0.1) is 0 Å². The van der Waals surface area contributed by atoms with E-state index in [4.69, 9.17) is 15.2 Å². The van der Waals surface area contributed by atoms with E-state index >= 15 is 0 Å². The summed E-state index contributed by atoms with van der Waals surface area (Å²) in [6.45, 7) is 3.79. The van der Waals surface area contributed by atoms with Gasteiger partial charge in [-0.1, -0.05) is 36.4 Å². The normalized spacial score (nSPS) is 15.3. The number of hydrogen-bond acceptors (Lipinski definition) is 5. The number of ether oxygens (including phenoxy) is 2. The predicted molar refractivity (Wildman–Crippen MR) is 97.6 cm³/mol. The number of morpholine rings is 1. The van der Waals surface area contributed by atoms with Crippen molar-refractivity contribution < 1.29 is 19.1 Å². The van der Waals surface area contributed by atoms with Gasteiger partial charge in [0, 0.05) is 24.3 Å². The maximum Gasteiger partial charge on any atom is 0.339 e. The van der Waals surface area contributed by atoms with Gasteiger partial charge < -0.3 is 20.1 Å². The minimum absolute atomic E-state index is 0.243. The van der Waals surface area contributed by atoms with Crippen LogP contribution < -0.4 is 5.73 Å². The number of anilines is 1. The van der Waals surface area contributed by atoms with Crippen LogP contribution in [0.4, 0.5) is 5.69 Å². The Morgan fingerprint density at radius 3 is 2.46 bits per heavy atom. The Kier molecular flexibility index (Phi) is 5.53. The number of rotatable bonds is 4. The predicted octanol–water partition coefficient (Wildman–Crippen LogP) is 2.33. The second-order valence-electron chi connectivity index (χ2n) is 6.21. The number of carbonyl (C=O) groups is 2. The fourth-order valence-electron chi connectivity index (χ4n) is 2.78. The van der Waals surface area contributed by atoms with Gasteiger partial charge >= 0.3 is 5.97 Å². The van der Waals surface area contributed by atoms with E-state index in [-0.39, 0.29) is 5.91 Å². The Bertz CT molecular complexity index is 786. The minimum Gasteiger partial charge on any atom is -0.444 e. The maximum absolute atomic E-state index is 13.0. The number of nitrogens with zero attached hydrogens (tertiary/aromatic N) is 1. The summed E-state index contributed by atoms with van der Waals surface area (Å²) in [5, 5.41) is 0. The van der Waals surface area contributed by atoms with E-state index in [0.717, 1.165) is 5.56 Å². The number of carbonyl (C=O) groups excluding carboxylic acids is 2. The van der Waals surface area contributed by atoms with Crippen molar-refractivity contribution in [1.82, 2.24) is 4.90 Å². The molecule has 136 valence electrons. The molecule has 0 radical (unpaired) electrons. The van der Waals surface area contributed by atoms with Gasteiger partial charge in [0.1, 0.15) is 0 Å². The van der Waals surface area contributed by atoms with Gasteiger partial charge in [0.05, 0.1) is 18.8 Å². The molecule has 0 bridgehead atoms. The largest absolute Gasteiger partial charge is 0.444 e. The zero-order valence-corrected chi connectivity index (χ0v) is 14.7. The Labute approximate surface area is 152 Å². The molecule has 6 heteroatoms. The lowest BCUT2D eigenvalue weighted by Crippen LogP contribution is -2.44. The molecule has 1 atom stereocenters. The SMILES string of the molecule is Cc1ccc(C(=O)OC(C(=O)N2CCOCC2)c2ccccc2)cc1N. The average Bonchev–Trinajstić information content (AvgIpc) is 2.69. The first-order chi connectivity index (χ1) is 12.6. The van der Waals surface area contributed by atoms with E-state index in [2.05, 4.69) is 0 Å². The fraction of sp³-hybridized carbons (Fsp3) is 0.300. The summed E-state index contributed by atoms with van der Waals surface area (Å²) >= 11 is 0. The van der Waals surface area contributed by atoms with Gasteiger partial charge in [-0.05, 0) is 24.6 Å². The van der Waals surface area contributed by atoms with Crippen LogP contribution in [0.3, 0.4) is 0 Å². The number of amides is 1. The molecule has 26 heavy (non-hydrogen) atoms. The Morgan fingerprint density at radius 2 is 1.81 bits per heavy atom. The van der Waals surface area contributed by atoms with E-state index in [1.807, 2.05) is 25.1 Å². The Morgan fingerprint density at radius 1 is 1.12 bits per heavy atom. The maximum atomic E-state index is 13.0. The van der Waals surface area contributed by atoms with Crippen LogP contribution in [-0.4, -0.2) is 43.1 Å². The molecule has 0 aliphatic carbocycles. The first kappa shape index (κ1) is 17.9. The van der Waals surface area contributed by atoms with Crippen molar-refractivity contribution >= 4 is 17.6 Å². The summed E-state index contributed by atoms with van der Waals surface area (Å²) in [6, 6.07) is 14.0. The molecule has 1 fully saturated rings. The van der Waals surface area contributed by atoms with E-state index in [0.29, 0.717) is 43.1 Å². The molecule has 6 nitrogen and oxygen atoms in total. The second-order valence-corrected chi connectivity index (χ2v) is 6.21. The number of aryl methyl sites for hydroxylation is 1. The molecule has 2 aromatic carbocycles. The number of benzene rings is 2. The molecular formula is C20H22N2O4. The molecule has 0 saturated carbocycles. The van der Waals surface area contributed by atoms with Crippen LogP contribution in [0, 0.1) is 6.92 Å². The van der Waals surface area contributed by atoms with Crippen molar-refractivity contribution in [3.05, 3.63) is 65.2 Å². The number of esters is 1. The van der Waals surface area contributed by atoms with Crippen molar-refractivity contribution in [3.8, 4) is 0 Å². The zero-order chi connectivity index (χ0) is 18.5. The molecule has 0 spiro atoms. The van der Waals surface area contributed by atoms with Gasteiger partial charge in [0.25, 0.3) is 5.91 Å². The van der Waals surface area contributed by atoms with Crippen molar-refractivity contribution in [1.29, 1.82) is 0 Å². The van der Waals surface area contributed by atoms with E-state index in [9.17, 15) is 9.59 Å². The molecule has 0 aromatic heterocycles. The van der Waals surface area contributed by atoms with E-state index in [1.165, 1.54) is 0 Å². The van der Waals surface area contributed by atoms with Crippen LogP contribution in [0.15, 0.2) is 48.5 Å². The number of hydrogen-bond donors (Lipinski definition) is 1. The molecule has 3 rings (SSSR count). The summed E-state index contributed by atoms with van der Waals surface area (Å²) in [5.74, 6) is -0.819. The van der Waals surface area contributed by atoms with Gasteiger partial charge in [-0.2, -0.15) is 0 Å². The smallest absolute Gasteiger partial charge is 0.339 e. The highest BCUT2D eigenvalue weighted by molar-refractivity contribution is 5.93. The zero-order valence-electron chi connectivity index (χ0n) is 14.7. The van der Waals surface area contributed by atoms with Crippen LogP contribution in [0.5, 0.6) is 0 Å². The fourth-order valence-corrected chi connectivity index (χ4v) is 2.78. The summed E-state index contributed by atoms with van der Waals surface area (Å²) < 4.78 is 10.9. The molecule has 1 heterocycles. The monoisotopic (exact) mass is 354 g/mol. The molecule has 1 saturated heterocycles. The Hall–Kier alpha value is -2.86. The van der Waals surface area contributed by atoms with Gasteiger partial charge in [-0.25, -0.2) is 4.79 Å². The molecule has 1 aliphatic rings. The molecular weight excluding hydrogens is 332 g/mol. The number of nitrogens with two attached hydrogens (primary N) is 1. The van der Waals surface area contributed by atoms with Crippen molar-refractivity contribution in [2.75, 3.05) is 32.0 Å². The molecule has 1 amide bonds. The quantitative estimate of drug-likeness (QED) is 0.673. The third-order valence-electron chi connectivity index (χ3n) is 4.39. The number of nitrogen functional groups attached to an aromatic ring is 1. The third kappa shape index (κ3) is 4.03. The third-order valence-corrected chi connectivity index (χ3v) is 4.39. The van der Waals surface area contributed by atoms with Crippen LogP contribution in [0.1, 0.15) is 27.6 Å². The first-order valence-corrected chi connectivity index (χ1v) is 8.55. The van der Waals surface area contributed by atoms with Crippen molar-refractivity contribution in [2.45, 2.75) is 13.0 Å². The molecule has 2 N–H and O–H groups in total. The highest BCUT2D eigenvalue weighted by Crippen LogP contribution is 2.23. The summed E-state index contributed by atoms with van der Waals surface area (Å²) in [4.78, 5) is 27.2. The highest BCUT2D eigenvalue weighted by Gasteiger charge is 2.30. The molecule has 2 aromatic rings. The highest BCUT2D eigenvalue weighted by atomic mass is 16.5. The Balaban J connectivity index is 1.84. The van der Waals surface area contributed by atoms with Crippen LogP contribution in [0.2, 0.25) is 0 Å². The summed E-state index contributed by atoms with van der Waals surface area (Å²) in [5.41, 5.74) is 8.23. The van der Waals surface area contributed by atoms with Crippen LogP contribution in [0.25, 0.3) is 0 Å². The topological polar surface area (TPSA) is 81.9 Å². The molecule has 1 unspecified atom stereocenters. The van der Waals surface area contributed by atoms with E-state index in [1.54, 1.807) is 35.2 Å². The van der Waals surface area contributed by atoms with Gasteiger partial charge in [-0.3, -0.25) is 4.79 Å². The lowest BCUT2D eigenvalue weighted by atomic mass is 10.1. The first-order valence-electron chi connectivity index (χ1n) is 8.55. The average molecular weight is 354 g/mol. The second kappa shape index (κ2) is 8.01. The van der Waals surface area contributed by atoms with Crippen molar-refractivity contribution in [2.24, 2.45) is 0 Å². The van der Waals surface area contributed by atoms with Crippen molar-refractivity contribution in [3.63, 3.8) is 0 Å². The standard InChI is InChI=1S/C20H22N2O4/c1-14-7-8-16(13-17(14)21)20(24)26-18(15-5-3-2-4-6-15)19(23)22-9-11-25-12-10-22/h2-8,13,18H,9-12,21H2,1H3. The van der Waals surface area contributed by atoms with Crippen LogP contribution >= 0.6 is 0 Å².